The highest BCUT2D eigenvalue weighted by atomic mass is 35.5. The fourth-order valence-corrected chi connectivity index (χ4v) is 6.20. The van der Waals surface area contributed by atoms with E-state index >= 15 is 0 Å². The van der Waals surface area contributed by atoms with E-state index < -0.39 is 10.0 Å². The summed E-state index contributed by atoms with van der Waals surface area (Å²) in [7, 11) is -3.60. The second-order valence-electron chi connectivity index (χ2n) is 8.09. The molecule has 1 aliphatic heterocycles. The molecule has 3 rings (SSSR count). The fraction of sp³-hybridized carbons (Fsp3) is 0.650. The Morgan fingerprint density at radius 1 is 1.21 bits per heavy atom. The molecule has 1 saturated heterocycles. The Morgan fingerprint density at radius 2 is 1.86 bits per heavy atom. The number of piperazine rings is 1. The maximum atomic E-state index is 12.9. The van der Waals surface area contributed by atoms with Gasteiger partial charge < -0.3 is 10.2 Å². The summed E-state index contributed by atoms with van der Waals surface area (Å²) in [5, 5.41) is 3.47. The summed E-state index contributed by atoms with van der Waals surface area (Å²) in [6.45, 7) is 6.15. The average Bonchev–Trinajstić information content (AvgIpc) is 2.69. The van der Waals surface area contributed by atoms with E-state index in [-0.39, 0.29) is 27.9 Å². The smallest absolute Gasteiger partial charge is 0.278 e. The maximum absolute atomic E-state index is 12.9. The van der Waals surface area contributed by atoms with Crippen LogP contribution in [0.15, 0.2) is 29.2 Å². The van der Waals surface area contributed by atoms with Gasteiger partial charge in [0.2, 0.25) is 10.0 Å². The predicted octanol–water partition coefficient (Wildman–Crippen LogP) is 1.31. The lowest BCUT2D eigenvalue weighted by Gasteiger charge is -2.36. The zero-order chi connectivity index (χ0) is 20.3. The quantitative estimate of drug-likeness (QED) is 0.742. The molecule has 2 N–H and O–H groups in total. The van der Waals surface area contributed by atoms with Crippen molar-refractivity contribution in [3.05, 3.63) is 29.3 Å². The number of rotatable bonds is 5. The molecule has 1 amide bonds. The van der Waals surface area contributed by atoms with E-state index in [0.29, 0.717) is 32.1 Å². The number of nitrogens with one attached hydrogen (secondary N) is 2. The second-order valence-corrected chi connectivity index (χ2v) is 10.4. The van der Waals surface area contributed by atoms with E-state index in [1.54, 1.807) is 18.2 Å². The molecule has 156 valence electrons. The Balaban J connectivity index is 1.57. The summed E-state index contributed by atoms with van der Waals surface area (Å²) in [5.41, 5.74) is 0. The number of halogens is 1. The van der Waals surface area contributed by atoms with E-state index in [0.717, 1.165) is 11.3 Å². The predicted molar refractivity (Wildman–Crippen MR) is 110 cm³/mol. The van der Waals surface area contributed by atoms with E-state index in [4.69, 9.17) is 11.6 Å². The van der Waals surface area contributed by atoms with Gasteiger partial charge in [-0.15, -0.1) is 0 Å². The highest BCUT2D eigenvalue weighted by Gasteiger charge is 2.36. The topological polar surface area (TPSA) is 70.9 Å². The van der Waals surface area contributed by atoms with Crippen LogP contribution >= 0.6 is 11.6 Å². The number of amides is 1. The van der Waals surface area contributed by atoms with Crippen LogP contribution in [0.25, 0.3) is 0 Å². The van der Waals surface area contributed by atoms with Crippen LogP contribution in [0.2, 0.25) is 5.02 Å². The largest absolute Gasteiger partial charge is 0.348 e. The van der Waals surface area contributed by atoms with Crippen LogP contribution in [0.4, 0.5) is 0 Å². The minimum Gasteiger partial charge on any atom is -0.348 e. The zero-order valence-corrected chi connectivity index (χ0v) is 18.2. The molecule has 8 heteroatoms. The molecule has 1 aromatic carbocycles. The molecule has 0 bridgehead atoms. The Morgan fingerprint density at radius 3 is 2.50 bits per heavy atom. The van der Waals surface area contributed by atoms with E-state index in [2.05, 4.69) is 12.2 Å². The van der Waals surface area contributed by atoms with Gasteiger partial charge in [0.05, 0.1) is 31.2 Å². The summed E-state index contributed by atoms with van der Waals surface area (Å²) in [6.07, 6.45) is 4.65. The van der Waals surface area contributed by atoms with Crippen molar-refractivity contribution in [3.63, 3.8) is 0 Å². The van der Waals surface area contributed by atoms with Crippen LogP contribution in [-0.4, -0.2) is 56.9 Å². The zero-order valence-electron chi connectivity index (χ0n) is 16.7. The van der Waals surface area contributed by atoms with Crippen molar-refractivity contribution >= 4 is 27.5 Å². The summed E-state index contributed by atoms with van der Waals surface area (Å²) in [4.78, 5) is 14.0. The maximum Gasteiger partial charge on any atom is 0.278 e. The van der Waals surface area contributed by atoms with Crippen molar-refractivity contribution < 1.29 is 18.1 Å². The van der Waals surface area contributed by atoms with Gasteiger partial charge in [0.25, 0.3) is 5.91 Å². The Bertz CT molecular complexity index is 794. The molecule has 1 saturated carbocycles. The molecule has 1 heterocycles. The number of sulfonamides is 1. The standard InChI is InChI=1S/C20H30ClN3O3S/c1-15-7-3-5-9-18(15)22-20(25)16(2)23-11-13-24(14-12-23)28(26,27)19-10-6-4-8-17(19)21/h4,6,8,10,15-16,18H,3,5,7,9,11-14H2,1-2H3,(H,22,25)/p+1/t15-,16-,18+/m1/s1. The lowest BCUT2D eigenvalue weighted by Crippen LogP contribution is -3.19. The Kier molecular flexibility index (Phi) is 7.02. The molecule has 2 fully saturated rings. The number of hydrogen-bond donors (Lipinski definition) is 2. The van der Waals surface area contributed by atoms with Crippen molar-refractivity contribution in [1.29, 1.82) is 0 Å². The first kappa shape index (κ1) is 21.6. The summed E-state index contributed by atoms with van der Waals surface area (Å²) in [5.74, 6) is 0.605. The van der Waals surface area contributed by atoms with Crippen LogP contribution < -0.4 is 10.2 Å². The normalized spacial score (nSPS) is 26.0. The first-order valence-electron chi connectivity index (χ1n) is 10.2. The molecule has 0 unspecified atom stereocenters. The van der Waals surface area contributed by atoms with Crippen LogP contribution in [0.3, 0.4) is 0 Å². The summed E-state index contributed by atoms with van der Waals surface area (Å²) < 4.78 is 27.2. The molecule has 3 atom stereocenters. The monoisotopic (exact) mass is 428 g/mol. The Labute approximate surface area is 173 Å². The second kappa shape index (κ2) is 9.11. The van der Waals surface area contributed by atoms with Crippen molar-refractivity contribution in [2.24, 2.45) is 5.92 Å². The van der Waals surface area contributed by atoms with Crippen LogP contribution in [0, 0.1) is 5.92 Å². The molecule has 2 aliphatic rings. The van der Waals surface area contributed by atoms with Crippen LogP contribution in [0.5, 0.6) is 0 Å². The first-order valence-corrected chi connectivity index (χ1v) is 12.0. The van der Waals surface area contributed by atoms with Gasteiger partial charge in [-0.05, 0) is 37.8 Å². The molecule has 0 radical (unpaired) electrons. The molecule has 1 aliphatic carbocycles. The van der Waals surface area contributed by atoms with E-state index in [9.17, 15) is 13.2 Å². The van der Waals surface area contributed by atoms with Gasteiger partial charge in [0.15, 0.2) is 6.04 Å². The number of benzene rings is 1. The van der Waals surface area contributed by atoms with Crippen molar-refractivity contribution in [2.45, 2.75) is 56.5 Å². The highest BCUT2D eigenvalue weighted by molar-refractivity contribution is 7.89. The molecule has 28 heavy (non-hydrogen) atoms. The third kappa shape index (κ3) is 4.70. The highest BCUT2D eigenvalue weighted by Crippen LogP contribution is 2.25. The number of carbonyl (C=O) groups is 1. The molecule has 1 aromatic rings. The molecule has 0 spiro atoms. The lowest BCUT2D eigenvalue weighted by molar-refractivity contribution is -0.917. The number of nitrogens with zero attached hydrogens (tertiary/aromatic N) is 1. The first-order chi connectivity index (χ1) is 13.3. The number of carbonyl (C=O) groups excluding carboxylic acids is 1. The van der Waals surface area contributed by atoms with Gasteiger partial charge in [-0.2, -0.15) is 4.31 Å². The van der Waals surface area contributed by atoms with E-state index in [1.807, 2.05) is 6.92 Å². The van der Waals surface area contributed by atoms with Gasteiger partial charge in [-0.25, -0.2) is 8.42 Å². The van der Waals surface area contributed by atoms with Gasteiger partial charge in [0, 0.05) is 6.04 Å². The SMILES string of the molecule is C[C@@H]1CCCC[C@@H]1NC(=O)[C@@H](C)[NH+]1CCN(S(=O)(=O)c2ccccc2Cl)CC1. The van der Waals surface area contributed by atoms with E-state index in [1.165, 1.54) is 29.6 Å². The van der Waals surface area contributed by atoms with Crippen molar-refractivity contribution in [3.8, 4) is 0 Å². The lowest BCUT2D eigenvalue weighted by atomic mass is 9.86. The van der Waals surface area contributed by atoms with Crippen LogP contribution in [0.1, 0.15) is 39.5 Å². The number of hydrogen-bond acceptors (Lipinski definition) is 3. The molecular weight excluding hydrogens is 398 g/mol. The molecule has 6 nitrogen and oxygen atoms in total. The minimum absolute atomic E-state index is 0.0798. The third-order valence-electron chi connectivity index (χ3n) is 6.26. The van der Waals surface area contributed by atoms with Crippen molar-refractivity contribution in [1.82, 2.24) is 9.62 Å². The summed E-state index contributed by atoms with van der Waals surface area (Å²) >= 11 is 6.09. The third-order valence-corrected chi connectivity index (χ3v) is 8.66. The molecule has 0 aromatic heterocycles. The Hall–Kier alpha value is -1.15. The van der Waals surface area contributed by atoms with Gasteiger partial charge in [0.1, 0.15) is 4.90 Å². The fourth-order valence-electron chi connectivity index (χ4n) is 4.26. The molecular formula is C20H31ClN3O3S+. The van der Waals surface area contributed by atoms with Gasteiger partial charge in [-0.1, -0.05) is 43.5 Å². The minimum atomic E-state index is -3.60. The van der Waals surface area contributed by atoms with Gasteiger partial charge >= 0.3 is 0 Å². The number of quaternary nitrogens is 1. The van der Waals surface area contributed by atoms with Crippen LogP contribution in [-0.2, 0) is 14.8 Å². The summed E-state index contributed by atoms with van der Waals surface area (Å²) in [6, 6.07) is 6.62. The average molecular weight is 429 g/mol. The van der Waals surface area contributed by atoms with Crippen molar-refractivity contribution in [2.75, 3.05) is 26.2 Å². The van der Waals surface area contributed by atoms with Gasteiger partial charge in [-0.3, -0.25) is 4.79 Å².